The van der Waals surface area contributed by atoms with Crippen LogP contribution in [0, 0.1) is 6.92 Å². The largest absolute Gasteiger partial charge is 0.443 e. The fraction of sp³-hybridized carbons (Fsp3) is 0.0455. The minimum absolute atomic E-state index is 0.732. The van der Waals surface area contributed by atoms with Gasteiger partial charge in [-0.25, -0.2) is 4.98 Å². The molecule has 27 heavy (non-hydrogen) atoms. The molecule has 0 spiro atoms. The normalized spacial score (nSPS) is 11.1. The maximum absolute atomic E-state index is 5.75. The molecule has 0 aliphatic carbocycles. The number of nitrogens with zero attached hydrogens (tertiary/aromatic N) is 4. The molecule has 0 bridgehead atoms. The van der Waals surface area contributed by atoms with E-state index in [1.807, 2.05) is 65.2 Å². The van der Waals surface area contributed by atoms with Gasteiger partial charge in [-0.3, -0.25) is 4.40 Å². The number of rotatable bonds is 3. The van der Waals surface area contributed by atoms with Crippen molar-refractivity contribution in [1.29, 1.82) is 0 Å². The average molecular weight is 352 g/mol. The number of pyridine rings is 1. The van der Waals surface area contributed by atoms with Crippen LogP contribution in [0.4, 0.5) is 0 Å². The SMILES string of the molecule is Cc1cccc(-c2ncoc2-c2ccc3nnc(-c4ccccc4)n3c2)c1. The number of fused-ring (bicyclic) bond motifs is 1. The lowest BCUT2D eigenvalue weighted by Gasteiger charge is -2.05. The number of aryl methyl sites for hydroxylation is 1. The third-order valence-electron chi connectivity index (χ3n) is 4.56. The van der Waals surface area contributed by atoms with Crippen molar-refractivity contribution in [2.24, 2.45) is 0 Å². The molecular weight excluding hydrogens is 336 g/mol. The van der Waals surface area contributed by atoms with E-state index in [2.05, 4.69) is 34.2 Å². The van der Waals surface area contributed by atoms with Crippen LogP contribution < -0.4 is 0 Å². The molecule has 0 saturated carbocycles. The van der Waals surface area contributed by atoms with Gasteiger partial charge in [0.25, 0.3) is 0 Å². The van der Waals surface area contributed by atoms with E-state index in [0.717, 1.165) is 39.6 Å². The van der Waals surface area contributed by atoms with Crippen LogP contribution in [0.15, 0.2) is 83.7 Å². The standard InChI is InChI=1S/C22H16N4O/c1-15-6-5-9-17(12-15)20-21(27-14-23-20)18-10-11-19-24-25-22(26(19)13-18)16-7-3-2-4-8-16/h2-14H,1H3. The molecular formula is C22H16N4O. The molecule has 0 saturated heterocycles. The third-order valence-corrected chi connectivity index (χ3v) is 4.56. The Kier molecular flexibility index (Phi) is 3.57. The van der Waals surface area contributed by atoms with Gasteiger partial charge < -0.3 is 4.42 Å². The van der Waals surface area contributed by atoms with Crippen molar-refractivity contribution in [2.75, 3.05) is 0 Å². The molecule has 5 nitrogen and oxygen atoms in total. The van der Waals surface area contributed by atoms with Gasteiger partial charge in [0.15, 0.2) is 23.6 Å². The Hall–Kier alpha value is -3.73. The Morgan fingerprint density at radius 3 is 2.52 bits per heavy atom. The van der Waals surface area contributed by atoms with Crippen LogP contribution in [-0.4, -0.2) is 19.6 Å². The van der Waals surface area contributed by atoms with E-state index >= 15 is 0 Å². The molecule has 5 rings (SSSR count). The smallest absolute Gasteiger partial charge is 0.182 e. The fourth-order valence-electron chi connectivity index (χ4n) is 3.26. The van der Waals surface area contributed by atoms with Gasteiger partial charge in [0.05, 0.1) is 0 Å². The minimum atomic E-state index is 0.732. The summed E-state index contributed by atoms with van der Waals surface area (Å²) in [5, 5.41) is 8.62. The van der Waals surface area contributed by atoms with Gasteiger partial charge in [0.2, 0.25) is 0 Å². The molecule has 0 fully saturated rings. The molecule has 130 valence electrons. The Balaban J connectivity index is 1.66. The fourth-order valence-corrected chi connectivity index (χ4v) is 3.26. The zero-order valence-corrected chi connectivity index (χ0v) is 14.7. The lowest BCUT2D eigenvalue weighted by molar-refractivity contribution is 0.572. The van der Waals surface area contributed by atoms with Gasteiger partial charge >= 0.3 is 0 Å². The minimum Gasteiger partial charge on any atom is -0.443 e. The summed E-state index contributed by atoms with van der Waals surface area (Å²) in [6.45, 7) is 2.07. The highest BCUT2D eigenvalue weighted by Crippen LogP contribution is 2.32. The first-order valence-electron chi connectivity index (χ1n) is 8.71. The highest BCUT2D eigenvalue weighted by atomic mass is 16.3. The van der Waals surface area contributed by atoms with Crippen molar-refractivity contribution >= 4 is 5.65 Å². The monoisotopic (exact) mass is 352 g/mol. The maximum atomic E-state index is 5.75. The van der Waals surface area contributed by atoms with Crippen molar-refractivity contribution in [2.45, 2.75) is 6.92 Å². The number of benzene rings is 2. The lowest BCUT2D eigenvalue weighted by Crippen LogP contribution is -1.91. The van der Waals surface area contributed by atoms with E-state index in [-0.39, 0.29) is 0 Å². The molecule has 0 amide bonds. The number of hydrogen-bond acceptors (Lipinski definition) is 4. The van der Waals surface area contributed by atoms with Crippen molar-refractivity contribution in [3.63, 3.8) is 0 Å². The summed E-state index contributed by atoms with van der Waals surface area (Å²) in [6, 6.07) is 22.2. The first-order valence-corrected chi connectivity index (χ1v) is 8.71. The van der Waals surface area contributed by atoms with E-state index < -0.39 is 0 Å². The number of hydrogen-bond donors (Lipinski definition) is 0. The first kappa shape index (κ1) is 15.5. The zero-order chi connectivity index (χ0) is 18.2. The molecule has 0 radical (unpaired) electrons. The van der Waals surface area contributed by atoms with E-state index in [0.29, 0.717) is 0 Å². The summed E-state index contributed by atoms with van der Waals surface area (Å²) >= 11 is 0. The van der Waals surface area contributed by atoms with Gasteiger partial charge in [0.1, 0.15) is 5.69 Å². The summed E-state index contributed by atoms with van der Waals surface area (Å²) < 4.78 is 7.73. The van der Waals surface area contributed by atoms with Gasteiger partial charge in [-0.15, -0.1) is 10.2 Å². The molecule has 0 atom stereocenters. The van der Waals surface area contributed by atoms with Crippen LogP contribution >= 0.6 is 0 Å². The molecule has 0 unspecified atom stereocenters. The van der Waals surface area contributed by atoms with Crippen molar-refractivity contribution < 1.29 is 4.42 Å². The summed E-state index contributed by atoms with van der Waals surface area (Å²) in [5.74, 6) is 1.53. The Morgan fingerprint density at radius 2 is 1.67 bits per heavy atom. The predicted octanol–water partition coefficient (Wildman–Crippen LogP) is 5.03. The molecule has 0 N–H and O–H groups in total. The molecule has 0 aliphatic rings. The summed E-state index contributed by atoms with van der Waals surface area (Å²) in [7, 11) is 0. The highest BCUT2D eigenvalue weighted by molar-refractivity contribution is 5.77. The first-order chi connectivity index (χ1) is 13.3. The van der Waals surface area contributed by atoms with Crippen molar-refractivity contribution in [3.8, 4) is 34.0 Å². The van der Waals surface area contributed by atoms with Crippen LogP contribution in [-0.2, 0) is 0 Å². The van der Waals surface area contributed by atoms with Crippen LogP contribution in [0.25, 0.3) is 39.6 Å². The Morgan fingerprint density at radius 1 is 0.815 bits per heavy atom. The maximum Gasteiger partial charge on any atom is 0.182 e. The molecule has 5 heteroatoms. The van der Waals surface area contributed by atoms with Crippen LogP contribution in [0.5, 0.6) is 0 Å². The topological polar surface area (TPSA) is 56.2 Å². The lowest BCUT2D eigenvalue weighted by atomic mass is 10.1. The average Bonchev–Trinajstić information content (AvgIpc) is 3.35. The quantitative estimate of drug-likeness (QED) is 0.457. The predicted molar refractivity (Wildman–Crippen MR) is 104 cm³/mol. The zero-order valence-electron chi connectivity index (χ0n) is 14.7. The second-order valence-corrected chi connectivity index (χ2v) is 6.44. The van der Waals surface area contributed by atoms with Crippen LogP contribution in [0.2, 0.25) is 0 Å². The number of aromatic nitrogens is 4. The van der Waals surface area contributed by atoms with Gasteiger partial charge in [-0.2, -0.15) is 0 Å². The number of oxazole rings is 1. The van der Waals surface area contributed by atoms with Crippen molar-refractivity contribution in [3.05, 3.63) is 84.9 Å². The molecule has 3 aromatic heterocycles. The van der Waals surface area contributed by atoms with E-state index in [1.165, 1.54) is 12.0 Å². The van der Waals surface area contributed by atoms with Crippen LogP contribution in [0.1, 0.15) is 5.56 Å². The summed E-state index contributed by atoms with van der Waals surface area (Å²) in [6.07, 6.45) is 3.49. The van der Waals surface area contributed by atoms with E-state index in [1.54, 1.807) is 0 Å². The second kappa shape index (κ2) is 6.21. The third kappa shape index (κ3) is 2.69. The summed E-state index contributed by atoms with van der Waals surface area (Å²) in [4.78, 5) is 4.45. The van der Waals surface area contributed by atoms with Gasteiger partial charge in [-0.1, -0.05) is 54.1 Å². The Bertz CT molecular complexity index is 1240. The Labute approximate surface area is 156 Å². The van der Waals surface area contributed by atoms with Gasteiger partial charge in [-0.05, 0) is 25.1 Å². The molecule has 2 aromatic carbocycles. The van der Waals surface area contributed by atoms with E-state index in [4.69, 9.17) is 4.42 Å². The molecule has 5 aromatic rings. The van der Waals surface area contributed by atoms with E-state index in [9.17, 15) is 0 Å². The summed E-state index contributed by atoms with van der Waals surface area (Å²) in [5.41, 5.74) is 5.77. The highest BCUT2D eigenvalue weighted by Gasteiger charge is 2.15. The molecule has 3 heterocycles. The second-order valence-electron chi connectivity index (χ2n) is 6.44. The molecule has 0 aliphatic heterocycles. The van der Waals surface area contributed by atoms with Crippen LogP contribution in [0.3, 0.4) is 0 Å². The van der Waals surface area contributed by atoms with Crippen molar-refractivity contribution in [1.82, 2.24) is 19.6 Å². The van der Waals surface area contributed by atoms with Gasteiger partial charge in [0, 0.05) is 22.9 Å².